The molecule has 2 aromatic rings. The predicted octanol–water partition coefficient (Wildman–Crippen LogP) is 5.36. The molecule has 0 saturated heterocycles. The van der Waals surface area contributed by atoms with Crippen LogP contribution in [0.15, 0.2) is 63.5 Å². The highest BCUT2D eigenvalue weighted by Crippen LogP contribution is 2.16. The number of aromatic nitrogens is 2. The molecule has 0 unspecified atom stereocenters. The van der Waals surface area contributed by atoms with Gasteiger partial charge in [-0.1, -0.05) is 32.8 Å². The third-order valence-corrected chi connectivity index (χ3v) is 4.41. The molecule has 0 aliphatic heterocycles. The van der Waals surface area contributed by atoms with E-state index in [1.165, 1.54) is 17.8 Å². The van der Waals surface area contributed by atoms with E-state index in [0.29, 0.717) is 17.1 Å². The Morgan fingerprint density at radius 2 is 1.67 bits per heavy atom. The van der Waals surface area contributed by atoms with Crippen LogP contribution in [0.1, 0.15) is 64.8 Å². The van der Waals surface area contributed by atoms with Gasteiger partial charge in [-0.2, -0.15) is 0 Å². The van der Waals surface area contributed by atoms with Crippen molar-refractivity contribution < 1.29 is 4.39 Å². The molecule has 0 aliphatic carbocycles. The Morgan fingerprint density at radius 3 is 2.20 bits per heavy atom. The summed E-state index contributed by atoms with van der Waals surface area (Å²) in [6.07, 6.45) is 8.89. The molecular weight excluding hydrogens is 379 g/mol. The van der Waals surface area contributed by atoms with E-state index in [2.05, 4.69) is 34.0 Å². The van der Waals surface area contributed by atoms with E-state index < -0.39 is 5.82 Å². The van der Waals surface area contributed by atoms with Crippen LogP contribution < -0.4 is 5.73 Å². The molecule has 2 aromatic heterocycles. The lowest BCUT2D eigenvalue weighted by molar-refractivity contribution is 0.621. The largest absolute Gasteiger partial charge is 0.380 e. The lowest BCUT2D eigenvalue weighted by atomic mass is 10.1. The third-order valence-electron chi connectivity index (χ3n) is 4.41. The molecule has 0 bridgehead atoms. The zero-order chi connectivity index (χ0) is 21.9. The highest BCUT2D eigenvalue weighted by molar-refractivity contribution is 6.11. The number of halogens is 1. The zero-order valence-electron chi connectivity index (χ0n) is 18.1. The molecule has 0 aromatic carbocycles. The fraction of sp³-hybridized carbons (Fsp3) is 0.348. The third kappa shape index (κ3) is 6.69. The minimum Gasteiger partial charge on any atom is -0.380 e. The van der Waals surface area contributed by atoms with E-state index >= 15 is 0 Å². The van der Waals surface area contributed by atoms with Gasteiger partial charge < -0.3 is 5.73 Å². The van der Waals surface area contributed by atoms with Crippen molar-refractivity contribution in [3.05, 3.63) is 65.5 Å². The first kappa shape index (κ1) is 23.1. The highest BCUT2D eigenvalue weighted by atomic mass is 19.1. The van der Waals surface area contributed by atoms with E-state index in [1.54, 1.807) is 6.20 Å². The molecule has 0 saturated carbocycles. The summed E-state index contributed by atoms with van der Waals surface area (Å²) in [7, 11) is 0. The van der Waals surface area contributed by atoms with Gasteiger partial charge in [0.1, 0.15) is 17.2 Å². The van der Waals surface area contributed by atoms with Gasteiger partial charge in [0.25, 0.3) is 0 Å². The summed E-state index contributed by atoms with van der Waals surface area (Å²) >= 11 is 0. The summed E-state index contributed by atoms with van der Waals surface area (Å²) in [5.41, 5.74) is 10.5. The number of rotatable bonds is 9. The van der Waals surface area contributed by atoms with Crippen LogP contribution in [0.25, 0.3) is 0 Å². The number of allylic oxidation sites excluding steroid dienone is 2. The molecular formula is C23H29FN6. The van der Waals surface area contributed by atoms with E-state index in [9.17, 15) is 4.39 Å². The maximum absolute atomic E-state index is 13.0. The lowest BCUT2D eigenvalue weighted by Crippen LogP contribution is -2.15. The molecule has 0 aliphatic rings. The highest BCUT2D eigenvalue weighted by Gasteiger charge is 2.09. The second kappa shape index (κ2) is 11.7. The number of hydrogen-bond donors (Lipinski definition) is 1. The summed E-state index contributed by atoms with van der Waals surface area (Å²) in [6.45, 7) is 8.15. The molecule has 2 rings (SSSR count). The molecule has 0 spiro atoms. The maximum Gasteiger partial charge on any atom is 0.172 e. The van der Waals surface area contributed by atoms with Gasteiger partial charge in [-0.15, -0.1) is 10.2 Å². The standard InChI is InChI=1S/C23H29FN6/c1-5-8-18(9-6-2)28-19-11-13-20(27-15-19)22(16(4)7-3)29-30-23(25)21-12-10-17(24)14-26-21/h7,10-15H,5-6,8-9H2,1-4H3,(H2,25,30)/b16-7-,29-22-. The Hall–Kier alpha value is -3.22. The van der Waals surface area contributed by atoms with Crippen molar-refractivity contribution in [2.75, 3.05) is 0 Å². The van der Waals surface area contributed by atoms with Crippen molar-refractivity contribution >= 4 is 22.9 Å². The molecule has 2 heterocycles. The van der Waals surface area contributed by atoms with Gasteiger partial charge in [0, 0.05) is 5.71 Å². The molecule has 158 valence electrons. The Bertz CT molecular complexity index is 933. The number of amidine groups is 1. The number of nitrogens with zero attached hydrogens (tertiary/aromatic N) is 5. The normalized spacial score (nSPS) is 12.8. The number of aliphatic imine (C=N–C) groups is 1. The average molecular weight is 409 g/mol. The van der Waals surface area contributed by atoms with E-state index in [4.69, 9.17) is 10.7 Å². The van der Waals surface area contributed by atoms with Crippen molar-refractivity contribution in [1.29, 1.82) is 0 Å². The summed E-state index contributed by atoms with van der Waals surface area (Å²) in [5, 5.41) is 8.37. The number of hydrogen-bond acceptors (Lipinski definition) is 5. The quantitative estimate of drug-likeness (QED) is 0.344. The first-order valence-corrected chi connectivity index (χ1v) is 10.2. The zero-order valence-corrected chi connectivity index (χ0v) is 18.1. The molecule has 0 amide bonds. The fourth-order valence-corrected chi connectivity index (χ4v) is 2.74. The molecule has 30 heavy (non-hydrogen) atoms. The molecule has 0 atom stereocenters. The summed E-state index contributed by atoms with van der Waals surface area (Å²) < 4.78 is 13.0. The van der Waals surface area contributed by atoms with Crippen molar-refractivity contribution in [2.24, 2.45) is 20.9 Å². The Morgan fingerprint density at radius 1 is 1.00 bits per heavy atom. The summed E-state index contributed by atoms with van der Waals surface area (Å²) in [4.78, 5) is 13.2. The van der Waals surface area contributed by atoms with Crippen LogP contribution in [0.4, 0.5) is 10.1 Å². The van der Waals surface area contributed by atoms with Crippen LogP contribution in [-0.2, 0) is 0 Å². The second-order valence-corrected chi connectivity index (χ2v) is 6.85. The van der Waals surface area contributed by atoms with Crippen molar-refractivity contribution in [3.63, 3.8) is 0 Å². The topological polar surface area (TPSA) is 88.9 Å². The predicted molar refractivity (Wildman–Crippen MR) is 122 cm³/mol. The molecule has 2 N–H and O–H groups in total. The Balaban J connectivity index is 2.33. The van der Waals surface area contributed by atoms with E-state index in [1.807, 2.05) is 32.1 Å². The van der Waals surface area contributed by atoms with Crippen LogP contribution in [0.5, 0.6) is 0 Å². The minimum absolute atomic E-state index is 0.0985. The van der Waals surface area contributed by atoms with Crippen LogP contribution in [0.2, 0.25) is 0 Å². The second-order valence-electron chi connectivity index (χ2n) is 6.85. The maximum atomic E-state index is 13.0. The van der Waals surface area contributed by atoms with Crippen molar-refractivity contribution in [1.82, 2.24) is 9.97 Å². The first-order chi connectivity index (χ1) is 14.5. The Labute approximate surface area is 177 Å². The van der Waals surface area contributed by atoms with Crippen molar-refractivity contribution in [3.8, 4) is 0 Å². The van der Waals surface area contributed by atoms with Crippen LogP contribution in [-0.4, -0.2) is 27.2 Å². The molecule has 0 fully saturated rings. The van der Waals surface area contributed by atoms with Gasteiger partial charge in [0.2, 0.25) is 0 Å². The van der Waals surface area contributed by atoms with E-state index in [0.717, 1.165) is 43.1 Å². The van der Waals surface area contributed by atoms with Gasteiger partial charge in [0.05, 0.1) is 23.8 Å². The van der Waals surface area contributed by atoms with Crippen LogP contribution >= 0.6 is 0 Å². The SMILES string of the molecule is C/C=C(C)\C(=N\N=C(N)c1ccc(F)cn1)c1ccc(N=C(CCC)CCC)cn1. The van der Waals surface area contributed by atoms with Crippen LogP contribution in [0, 0.1) is 5.82 Å². The lowest BCUT2D eigenvalue weighted by Gasteiger charge is -2.07. The summed E-state index contributed by atoms with van der Waals surface area (Å²) in [5.74, 6) is -0.338. The fourth-order valence-electron chi connectivity index (χ4n) is 2.74. The smallest absolute Gasteiger partial charge is 0.172 e. The molecule has 6 nitrogen and oxygen atoms in total. The van der Waals surface area contributed by atoms with Gasteiger partial charge >= 0.3 is 0 Å². The van der Waals surface area contributed by atoms with Gasteiger partial charge in [-0.25, -0.2) is 9.37 Å². The van der Waals surface area contributed by atoms with Gasteiger partial charge in [-0.05, 0) is 56.5 Å². The number of pyridine rings is 2. The number of nitrogens with two attached hydrogens (primary N) is 1. The van der Waals surface area contributed by atoms with E-state index in [-0.39, 0.29) is 5.84 Å². The first-order valence-electron chi connectivity index (χ1n) is 10.2. The van der Waals surface area contributed by atoms with Crippen molar-refractivity contribution in [2.45, 2.75) is 53.4 Å². The summed E-state index contributed by atoms with van der Waals surface area (Å²) in [6, 6.07) is 6.54. The van der Waals surface area contributed by atoms with Gasteiger partial charge in [-0.3, -0.25) is 9.98 Å². The monoisotopic (exact) mass is 408 g/mol. The Kier molecular flexibility index (Phi) is 9.00. The average Bonchev–Trinajstić information content (AvgIpc) is 2.75. The van der Waals surface area contributed by atoms with Gasteiger partial charge in [0.15, 0.2) is 5.84 Å². The van der Waals surface area contributed by atoms with Crippen LogP contribution in [0.3, 0.4) is 0 Å². The minimum atomic E-state index is -0.437. The molecule has 0 radical (unpaired) electrons. The molecule has 7 heteroatoms.